The fourth-order valence-electron chi connectivity index (χ4n) is 3.82. The van der Waals surface area contributed by atoms with Crippen LogP contribution >= 0.6 is 12.2 Å². The third-order valence-electron chi connectivity index (χ3n) is 5.40. The number of aryl methyl sites for hydroxylation is 3. The summed E-state index contributed by atoms with van der Waals surface area (Å²) in [4.78, 5) is 0.267. The lowest BCUT2D eigenvalue weighted by molar-refractivity contribution is 0.586. The first-order valence-electron chi connectivity index (χ1n) is 10.2. The Morgan fingerprint density at radius 3 is 2.45 bits per heavy atom. The maximum absolute atomic E-state index is 13.3. The van der Waals surface area contributed by atoms with Gasteiger partial charge in [-0.1, -0.05) is 35.9 Å². The van der Waals surface area contributed by atoms with Gasteiger partial charge in [-0.2, -0.15) is 0 Å². The predicted octanol–water partition coefficient (Wildman–Crippen LogP) is 5.25. The molecule has 0 spiro atoms. The Kier molecular flexibility index (Phi) is 5.98. The van der Waals surface area contributed by atoms with Crippen molar-refractivity contribution in [3.8, 4) is 0 Å². The summed E-state index contributed by atoms with van der Waals surface area (Å²) >= 11 is 5.41. The van der Waals surface area contributed by atoms with Crippen LogP contribution in [0.2, 0.25) is 0 Å². The number of anilines is 3. The van der Waals surface area contributed by atoms with Gasteiger partial charge in [-0.15, -0.1) is 0 Å². The molecule has 3 aromatic rings. The highest BCUT2D eigenvalue weighted by atomic mass is 32.2. The lowest BCUT2D eigenvalue weighted by atomic mass is 10.0. The second-order valence-corrected chi connectivity index (χ2v) is 10.0. The van der Waals surface area contributed by atoms with Crippen LogP contribution in [-0.4, -0.2) is 20.1 Å². The van der Waals surface area contributed by atoms with Crippen LogP contribution in [-0.2, 0) is 16.4 Å². The summed E-state index contributed by atoms with van der Waals surface area (Å²) in [6, 6.07) is 20.5. The molecule has 31 heavy (non-hydrogen) atoms. The second-order valence-electron chi connectivity index (χ2n) is 7.73. The molecule has 0 bridgehead atoms. The monoisotopic (exact) mass is 451 g/mol. The lowest BCUT2D eigenvalue weighted by Gasteiger charge is -2.30. The van der Waals surface area contributed by atoms with E-state index in [1.807, 2.05) is 50.2 Å². The van der Waals surface area contributed by atoms with Crippen LogP contribution in [0.4, 0.5) is 17.1 Å². The van der Waals surface area contributed by atoms with Crippen molar-refractivity contribution in [1.29, 1.82) is 0 Å². The van der Waals surface area contributed by atoms with Gasteiger partial charge in [0, 0.05) is 17.9 Å². The molecule has 3 aromatic carbocycles. The van der Waals surface area contributed by atoms with Crippen LogP contribution in [0.1, 0.15) is 23.1 Å². The molecule has 160 valence electrons. The van der Waals surface area contributed by atoms with E-state index < -0.39 is 10.0 Å². The minimum atomic E-state index is -3.62. The summed E-state index contributed by atoms with van der Waals surface area (Å²) in [6.45, 7) is 4.56. The maximum Gasteiger partial charge on any atom is 0.264 e. The van der Waals surface area contributed by atoms with Crippen molar-refractivity contribution in [2.45, 2.75) is 31.6 Å². The number of nitrogens with zero attached hydrogens (tertiary/aromatic N) is 1. The standard InChI is InChI=1S/C24H25N3O2S2/c1-17-9-14-22(18(2)16-17)26-24(30)25-20-10-12-21(13-11-20)31(28,29)27-15-5-7-19-6-3-4-8-23(19)27/h3-4,6,8-14,16H,5,7,15H2,1-2H3,(H2,25,26,30). The molecule has 0 aromatic heterocycles. The van der Waals surface area contributed by atoms with Crippen LogP contribution in [0.5, 0.6) is 0 Å². The molecule has 0 amide bonds. The average molecular weight is 452 g/mol. The second kappa shape index (κ2) is 8.69. The molecule has 0 fully saturated rings. The van der Waals surface area contributed by atoms with Crippen molar-refractivity contribution >= 4 is 44.4 Å². The van der Waals surface area contributed by atoms with Crippen molar-refractivity contribution in [3.63, 3.8) is 0 Å². The summed E-state index contributed by atoms with van der Waals surface area (Å²) in [5.74, 6) is 0. The van der Waals surface area contributed by atoms with Gasteiger partial charge in [0.2, 0.25) is 0 Å². The topological polar surface area (TPSA) is 61.4 Å². The first kappa shape index (κ1) is 21.3. The van der Waals surface area contributed by atoms with Crippen LogP contribution in [0, 0.1) is 13.8 Å². The number of thiocarbonyl (C=S) groups is 1. The van der Waals surface area contributed by atoms with Gasteiger partial charge < -0.3 is 10.6 Å². The van der Waals surface area contributed by atoms with E-state index in [-0.39, 0.29) is 4.90 Å². The Bertz CT molecular complexity index is 1220. The normalized spacial score (nSPS) is 13.4. The number of fused-ring (bicyclic) bond motifs is 1. The molecule has 0 saturated heterocycles. The predicted molar refractivity (Wildman–Crippen MR) is 131 cm³/mol. The summed E-state index contributed by atoms with van der Waals surface area (Å²) in [5, 5.41) is 6.76. The Balaban J connectivity index is 1.48. The molecule has 1 aliphatic rings. The van der Waals surface area contributed by atoms with Gasteiger partial charge in [-0.25, -0.2) is 8.42 Å². The van der Waals surface area contributed by atoms with Crippen LogP contribution in [0.3, 0.4) is 0 Å². The van der Waals surface area contributed by atoms with Crippen molar-refractivity contribution in [2.75, 3.05) is 21.5 Å². The van der Waals surface area contributed by atoms with E-state index in [4.69, 9.17) is 12.2 Å². The van der Waals surface area contributed by atoms with Gasteiger partial charge in [-0.05, 0) is 86.4 Å². The molecule has 0 atom stereocenters. The number of hydrogen-bond donors (Lipinski definition) is 2. The number of benzene rings is 3. The third-order valence-corrected chi connectivity index (χ3v) is 7.43. The first-order chi connectivity index (χ1) is 14.8. The molecule has 5 nitrogen and oxygen atoms in total. The zero-order valence-corrected chi connectivity index (χ0v) is 19.2. The maximum atomic E-state index is 13.3. The molecule has 1 heterocycles. The van der Waals surface area contributed by atoms with Crippen LogP contribution < -0.4 is 14.9 Å². The molecule has 0 saturated carbocycles. The summed E-state index contributed by atoms with van der Waals surface area (Å²) in [7, 11) is -3.62. The highest BCUT2D eigenvalue weighted by Crippen LogP contribution is 2.32. The molecule has 7 heteroatoms. The number of rotatable bonds is 4. The van der Waals surface area contributed by atoms with E-state index in [9.17, 15) is 8.42 Å². The average Bonchev–Trinajstić information content (AvgIpc) is 2.75. The van der Waals surface area contributed by atoms with Gasteiger partial charge in [0.25, 0.3) is 10.0 Å². The van der Waals surface area contributed by atoms with E-state index in [2.05, 4.69) is 16.7 Å². The zero-order chi connectivity index (χ0) is 22.0. The summed E-state index contributed by atoms with van der Waals surface area (Å²) in [6.07, 6.45) is 1.71. The van der Waals surface area contributed by atoms with Gasteiger partial charge in [0.05, 0.1) is 10.6 Å². The molecule has 0 aliphatic carbocycles. The summed E-state index contributed by atoms with van der Waals surface area (Å²) in [5.41, 5.74) is 5.79. The van der Waals surface area contributed by atoms with Crippen molar-refractivity contribution in [3.05, 3.63) is 83.4 Å². The first-order valence-corrected chi connectivity index (χ1v) is 12.1. The minimum Gasteiger partial charge on any atom is -0.332 e. The van der Waals surface area contributed by atoms with Gasteiger partial charge in [0.15, 0.2) is 5.11 Å². The zero-order valence-electron chi connectivity index (χ0n) is 17.6. The largest absolute Gasteiger partial charge is 0.332 e. The van der Waals surface area contributed by atoms with E-state index in [0.29, 0.717) is 11.7 Å². The Labute approximate surface area is 189 Å². The number of nitrogens with one attached hydrogen (secondary N) is 2. The lowest BCUT2D eigenvalue weighted by Crippen LogP contribution is -2.35. The van der Waals surface area contributed by atoms with Crippen LogP contribution in [0.25, 0.3) is 0 Å². The highest BCUT2D eigenvalue weighted by molar-refractivity contribution is 7.92. The number of sulfonamides is 1. The fraction of sp³-hybridized carbons (Fsp3) is 0.208. The molecule has 1 aliphatic heterocycles. The molecule has 4 rings (SSSR count). The van der Waals surface area contributed by atoms with Crippen molar-refractivity contribution in [1.82, 2.24) is 0 Å². The smallest absolute Gasteiger partial charge is 0.264 e. The van der Waals surface area contributed by atoms with Crippen molar-refractivity contribution in [2.24, 2.45) is 0 Å². The quantitative estimate of drug-likeness (QED) is 0.530. The van der Waals surface area contributed by atoms with E-state index >= 15 is 0 Å². The van der Waals surface area contributed by atoms with Gasteiger partial charge in [-0.3, -0.25) is 4.31 Å². The van der Waals surface area contributed by atoms with Crippen molar-refractivity contribution < 1.29 is 8.42 Å². The van der Waals surface area contributed by atoms with E-state index in [1.165, 1.54) is 9.87 Å². The van der Waals surface area contributed by atoms with E-state index in [1.54, 1.807) is 24.3 Å². The molecule has 0 radical (unpaired) electrons. The molecular formula is C24H25N3O2S2. The highest BCUT2D eigenvalue weighted by Gasteiger charge is 2.28. The molecule has 0 unspecified atom stereocenters. The van der Waals surface area contributed by atoms with Gasteiger partial charge >= 0.3 is 0 Å². The molecule has 2 N–H and O–H groups in total. The van der Waals surface area contributed by atoms with Crippen LogP contribution in [0.15, 0.2) is 71.6 Å². The Morgan fingerprint density at radius 1 is 0.968 bits per heavy atom. The number of para-hydroxylation sites is 1. The van der Waals surface area contributed by atoms with E-state index in [0.717, 1.165) is 41.0 Å². The SMILES string of the molecule is Cc1ccc(NC(=S)Nc2ccc(S(=O)(=O)N3CCCc4ccccc43)cc2)c(C)c1. The third kappa shape index (κ3) is 4.57. The fourth-order valence-corrected chi connectivity index (χ4v) is 5.59. The molecular weight excluding hydrogens is 426 g/mol. The minimum absolute atomic E-state index is 0.267. The Morgan fingerprint density at radius 2 is 1.71 bits per heavy atom. The van der Waals surface area contributed by atoms with Gasteiger partial charge in [0.1, 0.15) is 0 Å². The summed E-state index contributed by atoms with van der Waals surface area (Å²) < 4.78 is 28.0. The Hall–Kier alpha value is -2.90. The number of hydrogen-bond acceptors (Lipinski definition) is 3.